The molecule has 0 aliphatic carbocycles. The van der Waals surface area contributed by atoms with Crippen molar-refractivity contribution < 1.29 is 18.4 Å². The molecule has 0 aliphatic heterocycles. The molecule has 76 valence electrons. The molecular formula is C8H7F3N2O. The van der Waals surface area contributed by atoms with Gasteiger partial charge < -0.3 is 5.21 Å². The molecule has 14 heavy (non-hydrogen) atoms. The first-order valence-corrected chi connectivity index (χ1v) is 3.67. The molecule has 0 unspecified atom stereocenters. The molecule has 0 bridgehead atoms. The summed E-state index contributed by atoms with van der Waals surface area (Å²) in [6.45, 7) is 1.36. The summed E-state index contributed by atoms with van der Waals surface area (Å²) >= 11 is 0. The normalized spacial score (nSPS) is 13.0. The van der Waals surface area contributed by atoms with E-state index in [1.807, 2.05) is 0 Å². The lowest BCUT2D eigenvalue weighted by atomic mass is 10.2. The van der Waals surface area contributed by atoms with Crippen LogP contribution in [0.4, 0.5) is 13.2 Å². The third-order valence-corrected chi connectivity index (χ3v) is 1.61. The largest absolute Gasteiger partial charge is 0.416 e. The molecular weight excluding hydrogens is 197 g/mol. The third kappa shape index (κ3) is 2.21. The second-order valence-corrected chi connectivity index (χ2v) is 2.61. The van der Waals surface area contributed by atoms with Crippen molar-refractivity contribution in [2.75, 3.05) is 0 Å². The van der Waals surface area contributed by atoms with Crippen molar-refractivity contribution in [3.63, 3.8) is 0 Å². The maximum Gasteiger partial charge on any atom is 0.416 e. The number of alkyl halides is 3. The first-order valence-electron chi connectivity index (χ1n) is 3.67. The van der Waals surface area contributed by atoms with Gasteiger partial charge in [-0.3, -0.25) is 4.98 Å². The van der Waals surface area contributed by atoms with Gasteiger partial charge in [0.15, 0.2) is 0 Å². The fourth-order valence-corrected chi connectivity index (χ4v) is 0.856. The predicted octanol–water partition coefficient (Wildman–Crippen LogP) is 2.30. The number of halogens is 3. The molecule has 0 atom stereocenters. The van der Waals surface area contributed by atoms with Gasteiger partial charge in [-0.2, -0.15) is 13.2 Å². The molecule has 0 radical (unpaired) electrons. The van der Waals surface area contributed by atoms with Crippen molar-refractivity contribution in [3.05, 3.63) is 29.6 Å². The molecule has 0 fully saturated rings. The Kier molecular flexibility index (Phi) is 2.73. The number of hydrogen-bond donors (Lipinski definition) is 1. The molecule has 0 saturated heterocycles. The van der Waals surface area contributed by atoms with Crippen molar-refractivity contribution in [2.24, 2.45) is 5.16 Å². The Hall–Kier alpha value is -1.59. The monoisotopic (exact) mass is 204 g/mol. The van der Waals surface area contributed by atoms with Crippen molar-refractivity contribution in [2.45, 2.75) is 13.1 Å². The highest BCUT2D eigenvalue weighted by Gasteiger charge is 2.30. The number of rotatable bonds is 1. The van der Waals surface area contributed by atoms with Crippen LogP contribution in [0.25, 0.3) is 0 Å². The van der Waals surface area contributed by atoms with E-state index in [9.17, 15) is 13.2 Å². The third-order valence-electron chi connectivity index (χ3n) is 1.61. The van der Waals surface area contributed by atoms with Gasteiger partial charge in [-0.25, -0.2) is 0 Å². The highest BCUT2D eigenvalue weighted by Crippen LogP contribution is 2.28. The molecule has 1 heterocycles. The van der Waals surface area contributed by atoms with Crippen LogP contribution >= 0.6 is 0 Å². The zero-order chi connectivity index (χ0) is 10.8. The van der Waals surface area contributed by atoms with Gasteiger partial charge in [-0.1, -0.05) is 5.16 Å². The summed E-state index contributed by atoms with van der Waals surface area (Å²) in [5.41, 5.74) is -0.774. The summed E-state index contributed by atoms with van der Waals surface area (Å²) in [4.78, 5) is 3.63. The van der Waals surface area contributed by atoms with Crippen LogP contribution in [-0.4, -0.2) is 15.9 Å². The minimum atomic E-state index is -4.41. The van der Waals surface area contributed by atoms with E-state index in [0.717, 1.165) is 18.3 Å². The van der Waals surface area contributed by atoms with Crippen molar-refractivity contribution in [3.8, 4) is 0 Å². The van der Waals surface area contributed by atoms with E-state index in [2.05, 4.69) is 10.1 Å². The molecule has 1 N–H and O–H groups in total. The number of hydrogen-bond acceptors (Lipinski definition) is 3. The Bertz CT molecular complexity index is 360. The molecule has 0 aliphatic rings. The second-order valence-electron chi connectivity index (χ2n) is 2.61. The summed E-state index contributed by atoms with van der Waals surface area (Å²) in [7, 11) is 0. The van der Waals surface area contributed by atoms with Gasteiger partial charge >= 0.3 is 6.18 Å². The van der Waals surface area contributed by atoms with Crippen LogP contribution in [-0.2, 0) is 6.18 Å². The van der Waals surface area contributed by atoms with E-state index in [4.69, 9.17) is 5.21 Å². The Morgan fingerprint density at radius 2 is 2.14 bits per heavy atom. The van der Waals surface area contributed by atoms with Crippen LogP contribution < -0.4 is 0 Å². The summed E-state index contributed by atoms with van der Waals surface area (Å²) in [5, 5.41) is 11.1. The molecule has 1 aromatic rings. The quantitative estimate of drug-likeness (QED) is 0.433. The minimum Gasteiger partial charge on any atom is -0.411 e. The predicted molar refractivity (Wildman–Crippen MR) is 43.2 cm³/mol. The van der Waals surface area contributed by atoms with E-state index < -0.39 is 11.7 Å². The van der Waals surface area contributed by atoms with Crippen LogP contribution in [0.15, 0.2) is 23.5 Å². The lowest BCUT2D eigenvalue weighted by Gasteiger charge is -2.06. The van der Waals surface area contributed by atoms with Crippen LogP contribution in [0.1, 0.15) is 18.2 Å². The van der Waals surface area contributed by atoms with Crippen LogP contribution in [0.2, 0.25) is 0 Å². The van der Waals surface area contributed by atoms with Gasteiger partial charge in [-0.15, -0.1) is 0 Å². The maximum absolute atomic E-state index is 12.2. The highest BCUT2D eigenvalue weighted by atomic mass is 19.4. The first-order chi connectivity index (χ1) is 6.45. The standard InChI is InChI=1S/C8H7F3N2O/c1-5(13-14)7-4-6(2-3-12-7)8(9,10)11/h2-4,14H,1H3/b13-5-. The lowest BCUT2D eigenvalue weighted by Crippen LogP contribution is -2.08. The van der Waals surface area contributed by atoms with Crippen molar-refractivity contribution >= 4 is 5.71 Å². The average Bonchev–Trinajstić information content (AvgIpc) is 2.15. The number of nitrogens with zero attached hydrogens (tertiary/aromatic N) is 2. The molecule has 6 heteroatoms. The average molecular weight is 204 g/mol. The lowest BCUT2D eigenvalue weighted by molar-refractivity contribution is -0.137. The van der Waals surface area contributed by atoms with Crippen molar-refractivity contribution in [1.29, 1.82) is 0 Å². The minimum absolute atomic E-state index is 0.00215. The summed E-state index contributed by atoms with van der Waals surface area (Å²) in [5.74, 6) is 0. The zero-order valence-electron chi connectivity index (χ0n) is 7.21. The number of aromatic nitrogens is 1. The van der Waals surface area contributed by atoms with E-state index in [-0.39, 0.29) is 11.4 Å². The zero-order valence-corrected chi connectivity index (χ0v) is 7.21. The number of oxime groups is 1. The summed E-state index contributed by atoms with van der Waals surface area (Å²) in [6, 6.07) is 1.68. The number of pyridine rings is 1. The molecule has 1 rings (SSSR count). The van der Waals surface area contributed by atoms with Gasteiger partial charge in [0.2, 0.25) is 0 Å². The topological polar surface area (TPSA) is 45.5 Å². The molecule has 0 aromatic carbocycles. The van der Waals surface area contributed by atoms with Crippen LogP contribution in [0.5, 0.6) is 0 Å². The van der Waals surface area contributed by atoms with E-state index >= 15 is 0 Å². The van der Waals surface area contributed by atoms with Gasteiger partial charge in [0, 0.05) is 6.20 Å². The van der Waals surface area contributed by atoms with Crippen molar-refractivity contribution in [1.82, 2.24) is 4.98 Å². The Labute approximate surface area is 77.9 Å². The molecule has 0 saturated carbocycles. The van der Waals surface area contributed by atoms with Gasteiger partial charge in [0.05, 0.1) is 11.3 Å². The Morgan fingerprint density at radius 1 is 1.50 bits per heavy atom. The molecule has 0 spiro atoms. The smallest absolute Gasteiger partial charge is 0.411 e. The summed E-state index contributed by atoms with van der Waals surface area (Å²) in [6.07, 6.45) is -3.39. The van der Waals surface area contributed by atoms with Gasteiger partial charge in [0.1, 0.15) is 5.71 Å². The second kappa shape index (κ2) is 3.65. The highest BCUT2D eigenvalue weighted by molar-refractivity contribution is 5.96. The van der Waals surface area contributed by atoms with Gasteiger partial charge in [0.25, 0.3) is 0 Å². The SMILES string of the molecule is C/C(=N/O)c1cc(C(F)(F)F)ccn1. The maximum atomic E-state index is 12.2. The van der Waals surface area contributed by atoms with Crippen LogP contribution in [0.3, 0.4) is 0 Å². The molecule has 3 nitrogen and oxygen atoms in total. The fraction of sp³-hybridized carbons (Fsp3) is 0.250. The van der Waals surface area contributed by atoms with E-state index in [0.29, 0.717) is 0 Å². The van der Waals surface area contributed by atoms with Gasteiger partial charge in [-0.05, 0) is 19.1 Å². The first kappa shape index (κ1) is 10.5. The fourth-order valence-electron chi connectivity index (χ4n) is 0.856. The van der Waals surface area contributed by atoms with E-state index in [1.54, 1.807) is 0 Å². The molecule has 1 aromatic heterocycles. The molecule has 0 amide bonds. The van der Waals surface area contributed by atoms with E-state index in [1.165, 1.54) is 6.92 Å². The van der Waals surface area contributed by atoms with Crippen LogP contribution in [0, 0.1) is 0 Å². The summed E-state index contributed by atoms with van der Waals surface area (Å²) < 4.78 is 36.6. The Balaban J connectivity index is 3.14. The Morgan fingerprint density at radius 3 is 2.64 bits per heavy atom.